The van der Waals surface area contributed by atoms with Gasteiger partial charge in [0.1, 0.15) is 5.82 Å². The number of rotatable bonds is 3. The van der Waals surface area contributed by atoms with Gasteiger partial charge in [0.25, 0.3) is 0 Å². The van der Waals surface area contributed by atoms with Crippen LogP contribution >= 0.6 is 23.2 Å². The zero-order chi connectivity index (χ0) is 15.8. The van der Waals surface area contributed by atoms with E-state index in [9.17, 15) is 0 Å². The van der Waals surface area contributed by atoms with Crippen molar-refractivity contribution in [2.75, 3.05) is 0 Å². The van der Waals surface area contributed by atoms with Crippen LogP contribution in [0, 0.1) is 0 Å². The highest BCUT2D eigenvalue weighted by atomic mass is 35.5. The summed E-state index contributed by atoms with van der Waals surface area (Å²) in [6.07, 6.45) is 0.406. The average Bonchev–Trinajstić information content (AvgIpc) is 3.14. The number of nitrogens with one attached hydrogen (secondary N) is 1. The lowest BCUT2D eigenvalue weighted by molar-refractivity contribution is 0.515. The van der Waals surface area contributed by atoms with Gasteiger partial charge in [-0.3, -0.25) is 0 Å². The average molecular weight is 345 g/mol. The number of imidazole rings is 1. The first kappa shape index (κ1) is 14.2. The zero-order valence-corrected chi connectivity index (χ0v) is 13.3. The lowest BCUT2D eigenvalue weighted by atomic mass is 10.2. The van der Waals surface area contributed by atoms with E-state index in [1.54, 1.807) is 12.1 Å². The molecule has 0 saturated carbocycles. The van der Waals surface area contributed by atoms with E-state index in [-0.39, 0.29) is 0 Å². The zero-order valence-electron chi connectivity index (χ0n) is 11.8. The monoisotopic (exact) mass is 344 g/mol. The third-order valence-corrected chi connectivity index (χ3v) is 3.95. The van der Waals surface area contributed by atoms with Crippen molar-refractivity contribution in [1.82, 2.24) is 20.2 Å². The molecule has 23 heavy (non-hydrogen) atoms. The highest BCUT2D eigenvalue weighted by molar-refractivity contribution is 6.33. The van der Waals surface area contributed by atoms with Gasteiger partial charge in [0.2, 0.25) is 11.8 Å². The SMILES string of the molecule is Clc1ccc2nc(Cc3nnc(-c4ccccc4Cl)o3)[nH]c2c1. The van der Waals surface area contributed by atoms with Gasteiger partial charge in [0, 0.05) is 5.02 Å². The maximum atomic E-state index is 6.14. The van der Waals surface area contributed by atoms with Crippen LogP contribution in [0.2, 0.25) is 10.0 Å². The normalized spacial score (nSPS) is 11.2. The highest BCUT2D eigenvalue weighted by Gasteiger charge is 2.13. The number of aromatic amines is 1. The van der Waals surface area contributed by atoms with Crippen LogP contribution in [0.15, 0.2) is 46.9 Å². The molecule has 0 bridgehead atoms. The van der Waals surface area contributed by atoms with Crippen LogP contribution in [-0.4, -0.2) is 20.2 Å². The molecule has 0 fully saturated rings. The van der Waals surface area contributed by atoms with E-state index in [2.05, 4.69) is 20.2 Å². The standard InChI is InChI=1S/C16H10Cl2N4O/c17-9-5-6-12-13(7-9)20-14(19-12)8-15-21-22-16(23-15)10-3-1-2-4-11(10)18/h1-7H,8H2,(H,19,20). The predicted octanol–water partition coefficient (Wildman–Crippen LogP) is 4.51. The van der Waals surface area contributed by atoms with E-state index in [0.29, 0.717) is 33.8 Å². The Kier molecular flexibility index (Phi) is 3.52. The lowest BCUT2D eigenvalue weighted by Gasteiger charge is -1.96. The molecule has 1 N–H and O–H groups in total. The summed E-state index contributed by atoms with van der Waals surface area (Å²) in [6, 6.07) is 12.8. The Balaban J connectivity index is 1.63. The van der Waals surface area contributed by atoms with Crippen LogP contribution in [0.25, 0.3) is 22.5 Å². The predicted molar refractivity (Wildman–Crippen MR) is 88.7 cm³/mol. The van der Waals surface area contributed by atoms with Crippen LogP contribution in [0.3, 0.4) is 0 Å². The summed E-state index contributed by atoms with van der Waals surface area (Å²) in [7, 11) is 0. The third kappa shape index (κ3) is 2.81. The Hall–Kier alpha value is -2.37. The van der Waals surface area contributed by atoms with Crippen molar-refractivity contribution >= 4 is 34.2 Å². The molecule has 0 amide bonds. The quantitative estimate of drug-likeness (QED) is 0.593. The number of halogens is 2. The van der Waals surface area contributed by atoms with Crippen LogP contribution in [0.4, 0.5) is 0 Å². The molecule has 7 heteroatoms. The van der Waals surface area contributed by atoms with Crippen molar-refractivity contribution in [3.63, 3.8) is 0 Å². The van der Waals surface area contributed by atoms with E-state index < -0.39 is 0 Å². The molecule has 0 unspecified atom stereocenters. The second-order valence-corrected chi connectivity index (χ2v) is 5.85. The lowest BCUT2D eigenvalue weighted by Crippen LogP contribution is -1.90. The molecule has 0 saturated heterocycles. The van der Waals surface area contributed by atoms with Gasteiger partial charge in [-0.15, -0.1) is 10.2 Å². The molecule has 4 rings (SSSR count). The summed E-state index contributed by atoms with van der Waals surface area (Å²) < 4.78 is 5.68. The first-order valence-electron chi connectivity index (χ1n) is 6.90. The van der Waals surface area contributed by atoms with Crippen LogP contribution in [0.5, 0.6) is 0 Å². The molecule has 5 nitrogen and oxygen atoms in total. The summed E-state index contributed by atoms with van der Waals surface area (Å²) in [6.45, 7) is 0. The van der Waals surface area contributed by atoms with Crippen molar-refractivity contribution in [1.29, 1.82) is 0 Å². The smallest absolute Gasteiger partial charge is 0.249 e. The van der Waals surface area contributed by atoms with Gasteiger partial charge in [0.15, 0.2) is 0 Å². The molecule has 0 spiro atoms. The van der Waals surface area contributed by atoms with Crippen LogP contribution < -0.4 is 0 Å². The summed E-state index contributed by atoms with van der Waals surface area (Å²) >= 11 is 12.1. The minimum Gasteiger partial charge on any atom is -0.420 e. The molecule has 0 aliphatic heterocycles. The minimum atomic E-state index is 0.393. The Morgan fingerprint density at radius 1 is 1.04 bits per heavy atom. The maximum absolute atomic E-state index is 6.14. The van der Waals surface area contributed by atoms with Crippen molar-refractivity contribution < 1.29 is 4.42 Å². The number of hydrogen-bond donors (Lipinski definition) is 1. The topological polar surface area (TPSA) is 67.6 Å². The molecule has 2 aromatic heterocycles. The molecular weight excluding hydrogens is 335 g/mol. The fourth-order valence-electron chi connectivity index (χ4n) is 2.33. The molecule has 114 valence electrons. The molecule has 0 aliphatic rings. The fraction of sp³-hybridized carbons (Fsp3) is 0.0625. The van der Waals surface area contributed by atoms with Gasteiger partial charge in [-0.2, -0.15) is 0 Å². The molecule has 0 aliphatic carbocycles. The van der Waals surface area contributed by atoms with Gasteiger partial charge < -0.3 is 9.40 Å². The van der Waals surface area contributed by atoms with Crippen LogP contribution in [-0.2, 0) is 6.42 Å². The first-order valence-corrected chi connectivity index (χ1v) is 7.66. The molecule has 2 heterocycles. The molecule has 2 aromatic carbocycles. The van der Waals surface area contributed by atoms with E-state index in [0.717, 1.165) is 16.9 Å². The summed E-state index contributed by atoms with van der Waals surface area (Å²) in [5.74, 6) is 1.59. The van der Waals surface area contributed by atoms with Crippen molar-refractivity contribution in [2.24, 2.45) is 0 Å². The number of hydrogen-bond acceptors (Lipinski definition) is 4. The molecular formula is C16H10Cl2N4O. The summed E-state index contributed by atoms with van der Waals surface area (Å²) in [5, 5.41) is 9.33. The summed E-state index contributed by atoms with van der Waals surface area (Å²) in [4.78, 5) is 7.68. The number of aromatic nitrogens is 4. The number of nitrogens with zero attached hydrogens (tertiary/aromatic N) is 3. The van der Waals surface area contributed by atoms with Crippen molar-refractivity contribution in [3.8, 4) is 11.5 Å². The second-order valence-electron chi connectivity index (χ2n) is 5.00. The van der Waals surface area contributed by atoms with Crippen molar-refractivity contribution in [2.45, 2.75) is 6.42 Å². The van der Waals surface area contributed by atoms with Gasteiger partial charge >= 0.3 is 0 Å². The first-order chi connectivity index (χ1) is 11.2. The van der Waals surface area contributed by atoms with Crippen LogP contribution in [0.1, 0.15) is 11.7 Å². The van der Waals surface area contributed by atoms with Gasteiger partial charge in [-0.25, -0.2) is 4.98 Å². The Bertz CT molecular complexity index is 993. The third-order valence-electron chi connectivity index (χ3n) is 3.38. The van der Waals surface area contributed by atoms with Gasteiger partial charge in [-0.1, -0.05) is 35.3 Å². The molecule has 4 aromatic rings. The highest BCUT2D eigenvalue weighted by Crippen LogP contribution is 2.26. The van der Waals surface area contributed by atoms with E-state index in [1.165, 1.54) is 0 Å². The maximum Gasteiger partial charge on any atom is 0.249 e. The van der Waals surface area contributed by atoms with Gasteiger partial charge in [0.05, 0.1) is 28.0 Å². The van der Waals surface area contributed by atoms with E-state index >= 15 is 0 Å². The van der Waals surface area contributed by atoms with E-state index in [4.69, 9.17) is 27.6 Å². The second kappa shape index (κ2) is 5.68. The Morgan fingerprint density at radius 2 is 1.91 bits per heavy atom. The number of fused-ring (bicyclic) bond motifs is 1. The van der Waals surface area contributed by atoms with Gasteiger partial charge in [-0.05, 0) is 30.3 Å². The fourth-order valence-corrected chi connectivity index (χ4v) is 2.72. The Morgan fingerprint density at radius 3 is 2.78 bits per heavy atom. The molecule has 0 atom stereocenters. The number of benzene rings is 2. The minimum absolute atomic E-state index is 0.393. The van der Waals surface area contributed by atoms with Crippen molar-refractivity contribution in [3.05, 3.63) is 64.2 Å². The van der Waals surface area contributed by atoms with E-state index in [1.807, 2.05) is 30.3 Å². The number of H-pyrrole nitrogens is 1. The summed E-state index contributed by atoms with van der Waals surface area (Å²) in [5.41, 5.74) is 2.43. The Labute approximate surface area is 141 Å². The molecule has 0 radical (unpaired) electrons. The largest absolute Gasteiger partial charge is 0.420 e.